The molecule has 1 saturated heterocycles. The lowest BCUT2D eigenvalue weighted by atomic mass is 9.81. The number of nitrogens with zero attached hydrogens (tertiary/aromatic N) is 2. The van der Waals surface area contributed by atoms with Gasteiger partial charge in [0.15, 0.2) is 6.61 Å². The number of hydrogen-bond acceptors (Lipinski definition) is 8. The number of rotatable bonds is 7. The van der Waals surface area contributed by atoms with E-state index in [1.165, 1.54) is 43.5 Å². The Hall–Kier alpha value is -4.28. The number of esters is 1. The van der Waals surface area contributed by atoms with Crippen molar-refractivity contribution in [2.24, 2.45) is 11.8 Å². The topological polar surface area (TPSA) is 145 Å². The Morgan fingerprint density at radius 2 is 1.77 bits per heavy atom. The summed E-state index contributed by atoms with van der Waals surface area (Å²) in [6.07, 6.45) is 3.16. The molecule has 0 spiro atoms. The molecule has 2 aliphatic rings. The molecule has 11 heteroatoms. The van der Waals surface area contributed by atoms with Gasteiger partial charge in [0.25, 0.3) is 11.6 Å². The lowest BCUT2D eigenvalue weighted by Gasteiger charge is -2.19. The maximum atomic E-state index is 12.8. The average molecular weight is 481 g/mol. The van der Waals surface area contributed by atoms with Gasteiger partial charge in [0.1, 0.15) is 11.4 Å². The predicted molar refractivity (Wildman–Crippen MR) is 123 cm³/mol. The third-order valence-corrected chi connectivity index (χ3v) is 6.19. The zero-order valence-electron chi connectivity index (χ0n) is 18.9. The second-order valence-corrected chi connectivity index (χ2v) is 8.32. The first kappa shape index (κ1) is 23.9. The summed E-state index contributed by atoms with van der Waals surface area (Å²) in [4.78, 5) is 62.1. The molecule has 1 aliphatic carbocycles. The van der Waals surface area contributed by atoms with Gasteiger partial charge in [-0.1, -0.05) is 18.9 Å². The number of imide groups is 1. The van der Waals surface area contributed by atoms with Gasteiger partial charge in [-0.3, -0.25) is 29.4 Å². The average Bonchev–Trinajstić information content (AvgIpc) is 3.12. The van der Waals surface area contributed by atoms with Gasteiger partial charge in [-0.25, -0.2) is 4.79 Å². The van der Waals surface area contributed by atoms with Crippen molar-refractivity contribution in [3.63, 3.8) is 0 Å². The van der Waals surface area contributed by atoms with Crippen LogP contribution in [-0.2, 0) is 19.1 Å². The summed E-state index contributed by atoms with van der Waals surface area (Å²) in [6.45, 7) is -0.705. The van der Waals surface area contributed by atoms with Crippen LogP contribution in [0.5, 0.6) is 5.75 Å². The first-order valence-electron chi connectivity index (χ1n) is 11.1. The number of benzene rings is 2. The molecule has 0 unspecified atom stereocenters. The Bertz CT molecular complexity index is 1190. The highest BCUT2D eigenvalue weighted by Gasteiger charge is 2.48. The van der Waals surface area contributed by atoms with Gasteiger partial charge in [0, 0.05) is 12.1 Å². The Balaban J connectivity index is 1.42. The van der Waals surface area contributed by atoms with Crippen molar-refractivity contribution in [1.29, 1.82) is 0 Å². The molecule has 182 valence electrons. The predicted octanol–water partition coefficient (Wildman–Crippen LogP) is 3.08. The summed E-state index contributed by atoms with van der Waals surface area (Å²) < 4.78 is 10.1. The van der Waals surface area contributed by atoms with Crippen LogP contribution >= 0.6 is 0 Å². The van der Waals surface area contributed by atoms with Gasteiger partial charge < -0.3 is 14.8 Å². The number of carbonyl (C=O) groups is 4. The summed E-state index contributed by atoms with van der Waals surface area (Å²) in [6, 6.07) is 9.75. The summed E-state index contributed by atoms with van der Waals surface area (Å²) in [5.74, 6) is -2.51. The number of methoxy groups -OCH3 is 1. The molecule has 2 atom stereocenters. The molecule has 0 aromatic heterocycles. The number of fused-ring (bicyclic) bond motifs is 1. The summed E-state index contributed by atoms with van der Waals surface area (Å²) in [5.41, 5.74) is -0.123. The Morgan fingerprint density at radius 3 is 2.40 bits per heavy atom. The maximum absolute atomic E-state index is 12.8. The van der Waals surface area contributed by atoms with Crippen LogP contribution in [0.3, 0.4) is 0 Å². The summed E-state index contributed by atoms with van der Waals surface area (Å²) in [5, 5.41) is 13.5. The van der Waals surface area contributed by atoms with Crippen LogP contribution in [0.4, 0.5) is 17.1 Å². The minimum Gasteiger partial charge on any atom is -0.497 e. The molecule has 2 aromatic carbocycles. The zero-order chi connectivity index (χ0) is 25.1. The maximum Gasteiger partial charge on any atom is 0.338 e. The van der Waals surface area contributed by atoms with E-state index in [9.17, 15) is 29.3 Å². The van der Waals surface area contributed by atoms with E-state index >= 15 is 0 Å². The number of amides is 3. The molecule has 1 aliphatic heterocycles. The highest BCUT2D eigenvalue weighted by molar-refractivity contribution is 6.22. The second kappa shape index (κ2) is 9.92. The summed E-state index contributed by atoms with van der Waals surface area (Å²) in [7, 11) is 1.37. The van der Waals surface area contributed by atoms with Crippen LogP contribution in [0.2, 0.25) is 0 Å². The molecule has 11 nitrogen and oxygen atoms in total. The second-order valence-electron chi connectivity index (χ2n) is 8.32. The summed E-state index contributed by atoms with van der Waals surface area (Å²) >= 11 is 0. The van der Waals surface area contributed by atoms with Gasteiger partial charge in [0.2, 0.25) is 11.8 Å². The van der Waals surface area contributed by atoms with Gasteiger partial charge in [0.05, 0.1) is 35.1 Å². The van der Waals surface area contributed by atoms with E-state index in [1.807, 2.05) is 0 Å². The van der Waals surface area contributed by atoms with Gasteiger partial charge in [-0.2, -0.15) is 0 Å². The molecule has 1 N–H and O–H groups in total. The number of ether oxygens (including phenoxy) is 2. The quantitative estimate of drug-likeness (QED) is 0.275. The van der Waals surface area contributed by atoms with E-state index in [2.05, 4.69) is 5.32 Å². The van der Waals surface area contributed by atoms with Crippen LogP contribution < -0.4 is 15.0 Å². The number of anilines is 2. The fraction of sp³-hybridized carbons (Fsp3) is 0.333. The Morgan fingerprint density at radius 1 is 1.09 bits per heavy atom. The molecule has 0 radical (unpaired) electrons. The van der Waals surface area contributed by atoms with Gasteiger partial charge in [-0.05, 0) is 37.1 Å². The third-order valence-electron chi connectivity index (χ3n) is 6.19. The fourth-order valence-electron chi connectivity index (χ4n) is 4.49. The lowest BCUT2D eigenvalue weighted by Crippen LogP contribution is -2.31. The minimum absolute atomic E-state index is 0.0538. The molecular formula is C24H23N3O8. The molecule has 0 bridgehead atoms. The highest BCUT2D eigenvalue weighted by atomic mass is 16.6. The molecule has 35 heavy (non-hydrogen) atoms. The Labute approximate surface area is 200 Å². The van der Waals surface area contributed by atoms with Crippen molar-refractivity contribution in [3.8, 4) is 5.75 Å². The SMILES string of the molecule is COc1ccc([N+](=O)[O-])c(NC(=O)COC(=O)c2cccc(N3C(=O)[C@@H]4CCCC[C@H]4C3=O)c2)c1. The van der Waals surface area contributed by atoms with Crippen LogP contribution in [0.25, 0.3) is 0 Å². The van der Waals surface area contributed by atoms with Gasteiger partial charge >= 0.3 is 5.97 Å². The van der Waals surface area contributed by atoms with E-state index in [-0.39, 0.29) is 46.3 Å². The number of nitrogens with one attached hydrogen (secondary N) is 1. The van der Waals surface area contributed by atoms with E-state index in [4.69, 9.17) is 9.47 Å². The van der Waals surface area contributed by atoms with Crippen molar-refractivity contribution in [2.75, 3.05) is 23.9 Å². The van der Waals surface area contributed by atoms with E-state index < -0.39 is 23.4 Å². The van der Waals surface area contributed by atoms with Crippen LogP contribution in [0.15, 0.2) is 42.5 Å². The molecular weight excluding hydrogens is 458 g/mol. The van der Waals surface area contributed by atoms with E-state index in [0.29, 0.717) is 18.6 Å². The smallest absolute Gasteiger partial charge is 0.338 e. The van der Waals surface area contributed by atoms with Crippen LogP contribution in [0, 0.1) is 22.0 Å². The zero-order valence-corrected chi connectivity index (χ0v) is 18.9. The molecule has 2 aromatic rings. The highest BCUT2D eigenvalue weighted by Crippen LogP contribution is 2.40. The third kappa shape index (κ3) is 4.84. The first-order chi connectivity index (χ1) is 16.8. The van der Waals surface area contributed by atoms with Crippen molar-refractivity contribution in [2.45, 2.75) is 25.7 Å². The normalized spacial score (nSPS) is 19.2. The van der Waals surface area contributed by atoms with Crippen molar-refractivity contribution in [1.82, 2.24) is 0 Å². The van der Waals surface area contributed by atoms with Crippen molar-refractivity contribution >= 4 is 40.8 Å². The van der Waals surface area contributed by atoms with Crippen LogP contribution in [-0.4, -0.2) is 42.3 Å². The largest absolute Gasteiger partial charge is 0.497 e. The fourth-order valence-corrected chi connectivity index (χ4v) is 4.49. The van der Waals surface area contributed by atoms with Crippen molar-refractivity contribution in [3.05, 3.63) is 58.1 Å². The first-order valence-corrected chi connectivity index (χ1v) is 11.1. The number of nitro groups is 1. The van der Waals surface area contributed by atoms with Gasteiger partial charge in [-0.15, -0.1) is 0 Å². The minimum atomic E-state index is -0.848. The lowest BCUT2D eigenvalue weighted by molar-refractivity contribution is -0.383. The molecule has 3 amide bonds. The number of carbonyl (C=O) groups excluding carboxylic acids is 4. The van der Waals surface area contributed by atoms with Crippen molar-refractivity contribution < 1.29 is 33.6 Å². The van der Waals surface area contributed by atoms with E-state index in [0.717, 1.165) is 17.7 Å². The van der Waals surface area contributed by atoms with Crippen LogP contribution in [0.1, 0.15) is 36.0 Å². The molecule has 4 rings (SSSR count). The van der Waals surface area contributed by atoms with E-state index in [1.54, 1.807) is 6.07 Å². The number of nitro benzene ring substituents is 1. The monoisotopic (exact) mass is 481 g/mol. The standard InChI is InChI=1S/C24H23N3O8/c1-34-16-9-10-20(27(32)33)19(12-16)25-21(28)13-35-24(31)14-5-4-6-15(11-14)26-22(29)17-7-2-3-8-18(17)23(26)30/h4-6,9-12,17-18H,2-3,7-8,13H2,1H3,(H,25,28)/t17-,18-/m1/s1. The number of hydrogen-bond donors (Lipinski definition) is 1. The molecule has 2 fully saturated rings. The molecule has 1 heterocycles. The molecule has 1 saturated carbocycles. The Kier molecular flexibility index (Phi) is 6.76.